The summed E-state index contributed by atoms with van der Waals surface area (Å²) in [5.41, 5.74) is 5.64. The Morgan fingerprint density at radius 3 is 3.00 bits per heavy atom. The molecule has 0 spiro atoms. The number of hydrogen-bond acceptors (Lipinski definition) is 2. The van der Waals surface area contributed by atoms with Gasteiger partial charge >= 0.3 is 6.03 Å². The molecule has 14 heavy (non-hydrogen) atoms. The van der Waals surface area contributed by atoms with Crippen LogP contribution in [-0.2, 0) is 0 Å². The summed E-state index contributed by atoms with van der Waals surface area (Å²) in [6, 6.07) is 0.572. The number of rotatable bonds is 2. The van der Waals surface area contributed by atoms with Crippen LogP contribution in [0.3, 0.4) is 0 Å². The number of carbonyl (C=O) groups excluding carboxylic acids is 1. The number of urea groups is 1. The van der Waals surface area contributed by atoms with Crippen LogP contribution in [0.15, 0.2) is 0 Å². The lowest BCUT2D eigenvalue weighted by molar-refractivity contribution is 0.160. The predicted molar refractivity (Wildman–Crippen MR) is 54.9 cm³/mol. The molecule has 1 aliphatic carbocycles. The molecule has 1 aliphatic heterocycles. The third-order valence-corrected chi connectivity index (χ3v) is 3.40. The first-order valence-corrected chi connectivity index (χ1v) is 5.56. The van der Waals surface area contributed by atoms with Crippen LogP contribution in [0, 0.1) is 5.92 Å². The van der Waals surface area contributed by atoms with Gasteiger partial charge in [-0.15, -0.1) is 0 Å². The van der Waals surface area contributed by atoms with Crippen molar-refractivity contribution < 1.29 is 4.79 Å². The maximum atomic E-state index is 11.6. The second-order valence-electron chi connectivity index (χ2n) is 4.35. The summed E-state index contributed by atoms with van der Waals surface area (Å²) in [6.45, 7) is 2.53. The van der Waals surface area contributed by atoms with Gasteiger partial charge in [0.15, 0.2) is 0 Å². The lowest BCUT2D eigenvalue weighted by Gasteiger charge is -2.32. The van der Waals surface area contributed by atoms with Gasteiger partial charge in [0.25, 0.3) is 0 Å². The highest BCUT2D eigenvalue weighted by atomic mass is 16.2. The Morgan fingerprint density at radius 1 is 1.50 bits per heavy atom. The average molecular weight is 197 g/mol. The van der Waals surface area contributed by atoms with E-state index in [1.54, 1.807) is 0 Å². The molecule has 1 saturated carbocycles. The average Bonchev–Trinajstić information content (AvgIpc) is 2.67. The van der Waals surface area contributed by atoms with E-state index in [0.717, 1.165) is 38.9 Å². The molecule has 4 nitrogen and oxygen atoms in total. The molecule has 0 aromatic carbocycles. The van der Waals surface area contributed by atoms with E-state index in [1.807, 2.05) is 4.90 Å². The number of hydrogen-bond donors (Lipinski definition) is 2. The minimum absolute atomic E-state index is 0.124. The molecular formula is C10H19N3O. The van der Waals surface area contributed by atoms with Crippen molar-refractivity contribution in [2.45, 2.75) is 31.7 Å². The van der Waals surface area contributed by atoms with Gasteiger partial charge in [0.2, 0.25) is 0 Å². The Labute approximate surface area is 84.8 Å². The van der Waals surface area contributed by atoms with Crippen molar-refractivity contribution in [3.8, 4) is 0 Å². The van der Waals surface area contributed by atoms with Crippen molar-refractivity contribution in [1.29, 1.82) is 0 Å². The lowest BCUT2D eigenvalue weighted by Crippen LogP contribution is -2.50. The standard InChI is InChI=1S/C10H19N3O/c11-7-8-2-3-9(6-8)13-5-1-4-12-10(13)14/h8-9H,1-7,11H2,(H,12,14). The van der Waals surface area contributed by atoms with E-state index < -0.39 is 0 Å². The summed E-state index contributed by atoms with van der Waals surface area (Å²) in [7, 11) is 0. The fourth-order valence-corrected chi connectivity index (χ4v) is 2.54. The molecule has 3 N–H and O–H groups in total. The minimum Gasteiger partial charge on any atom is -0.338 e. The molecule has 2 fully saturated rings. The third kappa shape index (κ3) is 1.85. The van der Waals surface area contributed by atoms with E-state index in [-0.39, 0.29) is 6.03 Å². The van der Waals surface area contributed by atoms with Gasteiger partial charge in [0.05, 0.1) is 0 Å². The van der Waals surface area contributed by atoms with Crippen LogP contribution < -0.4 is 11.1 Å². The minimum atomic E-state index is 0.124. The number of nitrogens with zero attached hydrogens (tertiary/aromatic N) is 1. The molecule has 4 heteroatoms. The van der Waals surface area contributed by atoms with Gasteiger partial charge in [-0.3, -0.25) is 0 Å². The van der Waals surface area contributed by atoms with Gasteiger partial charge in [-0.2, -0.15) is 0 Å². The molecule has 0 radical (unpaired) electrons. The summed E-state index contributed by atoms with van der Waals surface area (Å²) in [5.74, 6) is 0.634. The van der Waals surface area contributed by atoms with E-state index in [1.165, 1.54) is 6.42 Å². The fourth-order valence-electron chi connectivity index (χ4n) is 2.54. The molecule has 2 unspecified atom stereocenters. The largest absolute Gasteiger partial charge is 0.338 e. The molecule has 2 aliphatic rings. The highest BCUT2D eigenvalue weighted by Crippen LogP contribution is 2.29. The monoisotopic (exact) mass is 197 g/mol. The smallest absolute Gasteiger partial charge is 0.317 e. The molecule has 1 saturated heterocycles. The van der Waals surface area contributed by atoms with Crippen LogP contribution in [0.25, 0.3) is 0 Å². The van der Waals surface area contributed by atoms with Crippen molar-refractivity contribution in [1.82, 2.24) is 10.2 Å². The van der Waals surface area contributed by atoms with Crippen LogP contribution in [0.2, 0.25) is 0 Å². The van der Waals surface area contributed by atoms with E-state index >= 15 is 0 Å². The molecule has 2 rings (SSSR count). The molecule has 2 atom stereocenters. The number of carbonyl (C=O) groups is 1. The fraction of sp³-hybridized carbons (Fsp3) is 0.900. The number of nitrogens with one attached hydrogen (secondary N) is 1. The van der Waals surface area contributed by atoms with Gasteiger partial charge in [-0.1, -0.05) is 0 Å². The van der Waals surface area contributed by atoms with Gasteiger partial charge < -0.3 is 16.0 Å². The van der Waals surface area contributed by atoms with Crippen LogP contribution in [0.1, 0.15) is 25.7 Å². The second-order valence-corrected chi connectivity index (χ2v) is 4.35. The molecule has 0 aromatic rings. The van der Waals surface area contributed by atoms with Crippen LogP contribution >= 0.6 is 0 Å². The SMILES string of the molecule is NCC1CCC(N2CCCNC2=O)C1. The highest BCUT2D eigenvalue weighted by molar-refractivity contribution is 5.75. The zero-order valence-corrected chi connectivity index (χ0v) is 8.54. The second kappa shape index (κ2) is 4.17. The van der Waals surface area contributed by atoms with Crippen LogP contribution in [0.5, 0.6) is 0 Å². The van der Waals surface area contributed by atoms with Gasteiger partial charge in [0.1, 0.15) is 0 Å². The van der Waals surface area contributed by atoms with Crippen LogP contribution in [0.4, 0.5) is 4.79 Å². The van der Waals surface area contributed by atoms with E-state index in [0.29, 0.717) is 12.0 Å². The van der Waals surface area contributed by atoms with Crippen molar-refractivity contribution in [2.75, 3.05) is 19.6 Å². The molecule has 0 bridgehead atoms. The summed E-state index contributed by atoms with van der Waals surface area (Å²) < 4.78 is 0. The van der Waals surface area contributed by atoms with E-state index in [2.05, 4.69) is 5.32 Å². The van der Waals surface area contributed by atoms with Gasteiger partial charge in [-0.25, -0.2) is 4.79 Å². The highest BCUT2D eigenvalue weighted by Gasteiger charge is 2.32. The Hall–Kier alpha value is -0.770. The van der Waals surface area contributed by atoms with Gasteiger partial charge in [0, 0.05) is 19.1 Å². The van der Waals surface area contributed by atoms with Crippen molar-refractivity contribution in [2.24, 2.45) is 11.7 Å². The Bertz CT molecular complexity index is 219. The first-order chi connectivity index (χ1) is 6.81. The number of nitrogens with two attached hydrogens (primary N) is 1. The summed E-state index contributed by atoms with van der Waals surface area (Å²) in [4.78, 5) is 13.6. The Morgan fingerprint density at radius 2 is 2.36 bits per heavy atom. The summed E-state index contributed by atoms with van der Waals surface area (Å²) >= 11 is 0. The molecule has 2 amide bonds. The quantitative estimate of drug-likeness (QED) is 0.678. The topological polar surface area (TPSA) is 58.4 Å². The molecule has 1 heterocycles. The zero-order chi connectivity index (χ0) is 9.97. The van der Waals surface area contributed by atoms with Crippen molar-refractivity contribution in [3.05, 3.63) is 0 Å². The molecule has 80 valence electrons. The summed E-state index contributed by atoms with van der Waals surface area (Å²) in [6.07, 6.45) is 4.50. The normalized spacial score (nSPS) is 33.2. The lowest BCUT2D eigenvalue weighted by atomic mass is 10.1. The molecular weight excluding hydrogens is 178 g/mol. The number of amides is 2. The third-order valence-electron chi connectivity index (χ3n) is 3.40. The Balaban J connectivity index is 1.91. The van der Waals surface area contributed by atoms with Crippen LogP contribution in [-0.4, -0.2) is 36.6 Å². The predicted octanol–water partition coefficient (Wildman–Crippen LogP) is 0.529. The maximum Gasteiger partial charge on any atom is 0.317 e. The molecule has 0 aromatic heterocycles. The van der Waals surface area contributed by atoms with Crippen molar-refractivity contribution >= 4 is 6.03 Å². The Kier molecular flexibility index (Phi) is 2.91. The van der Waals surface area contributed by atoms with E-state index in [4.69, 9.17) is 5.73 Å². The van der Waals surface area contributed by atoms with Crippen molar-refractivity contribution in [3.63, 3.8) is 0 Å². The summed E-state index contributed by atoms with van der Waals surface area (Å²) in [5, 5.41) is 2.90. The zero-order valence-electron chi connectivity index (χ0n) is 8.54. The maximum absolute atomic E-state index is 11.6. The van der Waals surface area contributed by atoms with E-state index in [9.17, 15) is 4.79 Å². The first kappa shape index (κ1) is 9.77. The van der Waals surface area contributed by atoms with Gasteiger partial charge in [-0.05, 0) is 38.1 Å². The first-order valence-electron chi connectivity index (χ1n) is 5.56.